The first-order chi connectivity index (χ1) is 9.54. The van der Waals surface area contributed by atoms with E-state index < -0.39 is 0 Å². The first-order valence-electron chi connectivity index (χ1n) is 5.81. The summed E-state index contributed by atoms with van der Waals surface area (Å²) in [5.41, 5.74) is 5.99. The van der Waals surface area contributed by atoms with E-state index in [2.05, 4.69) is 0 Å². The van der Waals surface area contributed by atoms with Crippen molar-refractivity contribution in [3.63, 3.8) is 0 Å². The molecule has 0 bridgehead atoms. The lowest BCUT2D eigenvalue weighted by atomic mass is 10.3. The fourth-order valence-electron chi connectivity index (χ4n) is 1.57. The number of halogens is 3. The second-order valence-electron chi connectivity index (χ2n) is 3.99. The predicted molar refractivity (Wildman–Crippen MR) is 83.5 cm³/mol. The Bertz CT molecular complexity index is 589. The van der Waals surface area contributed by atoms with E-state index >= 15 is 0 Å². The van der Waals surface area contributed by atoms with Crippen LogP contribution in [0.15, 0.2) is 41.3 Å². The Morgan fingerprint density at radius 3 is 2.65 bits per heavy atom. The molecule has 2 aromatic carbocycles. The van der Waals surface area contributed by atoms with E-state index in [0.29, 0.717) is 33.8 Å². The number of nitrogens with two attached hydrogens (primary N) is 1. The molecule has 0 heterocycles. The number of anilines is 1. The van der Waals surface area contributed by atoms with Gasteiger partial charge in [-0.3, -0.25) is 0 Å². The number of rotatable bonds is 5. The van der Waals surface area contributed by atoms with Gasteiger partial charge in [-0.1, -0.05) is 23.2 Å². The summed E-state index contributed by atoms with van der Waals surface area (Å²) in [6, 6.07) is 9.50. The van der Waals surface area contributed by atoms with Gasteiger partial charge in [0.2, 0.25) is 0 Å². The fraction of sp³-hybridized carbons (Fsp3) is 0.143. The average molecular weight is 332 g/mol. The minimum Gasteiger partial charge on any atom is -0.491 e. The van der Waals surface area contributed by atoms with Crippen molar-refractivity contribution in [2.75, 3.05) is 18.1 Å². The van der Waals surface area contributed by atoms with E-state index in [-0.39, 0.29) is 5.82 Å². The second kappa shape index (κ2) is 7.07. The summed E-state index contributed by atoms with van der Waals surface area (Å²) in [7, 11) is 0. The molecule has 0 radical (unpaired) electrons. The second-order valence-corrected chi connectivity index (χ2v) is 6.00. The third-order valence-corrected chi connectivity index (χ3v) is 3.87. The van der Waals surface area contributed by atoms with Crippen LogP contribution in [0, 0.1) is 5.82 Å². The lowest BCUT2D eigenvalue weighted by molar-refractivity contribution is 0.344. The van der Waals surface area contributed by atoms with Crippen LogP contribution in [0.2, 0.25) is 10.0 Å². The average Bonchev–Trinajstić information content (AvgIpc) is 2.35. The quantitative estimate of drug-likeness (QED) is 0.481. The van der Waals surface area contributed by atoms with Crippen LogP contribution in [-0.4, -0.2) is 12.4 Å². The number of ether oxygens (including phenoxy) is 1. The molecule has 0 spiro atoms. The van der Waals surface area contributed by atoms with Gasteiger partial charge in [-0.15, -0.1) is 11.8 Å². The van der Waals surface area contributed by atoms with Crippen molar-refractivity contribution in [3.05, 3.63) is 52.3 Å². The summed E-state index contributed by atoms with van der Waals surface area (Å²) in [5, 5.41) is 1.03. The molecule has 0 aromatic heterocycles. The van der Waals surface area contributed by atoms with Gasteiger partial charge in [0, 0.05) is 21.4 Å². The molecule has 0 saturated carbocycles. The van der Waals surface area contributed by atoms with Crippen LogP contribution in [-0.2, 0) is 0 Å². The van der Waals surface area contributed by atoms with E-state index in [4.69, 9.17) is 33.7 Å². The molecule has 2 N–H and O–H groups in total. The Hall–Kier alpha value is -1.10. The van der Waals surface area contributed by atoms with Gasteiger partial charge in [0.1, 0.15) is 11.6 Å². The number of nitrogen functional groups attached to an aromatic ring is 1. The standard InChI is InChI=1S/C14H12Cl2FNOS/c15-9-1-2-14(13(16)5-9)19-3-4-20-12-7-10(17)6-11(18)8-12/h1-2,5-8H,3-4,18H2. The van der Waals surface area contributed by atoms with Crippen LogP contribution in [0.25, 0.3) is 0 Å². The topological polar surface area (TPSA) is 35.2 Å². The normalized spacial score (nSPS) is 10.6. The molecule has 106 valence electrons. The molecule has 0 aliphatic heterocycles. The molecule has 0 saturated heterocycles. The number of hydrogen-bond acceptors (Lipinski definition) is 3. The Morgan fingerprint density at radius 1 is 1.15 bits per heavy atom. The lowest BCUT2D eigenvalue weighted by Gasteiger charge is -2.08. The maximum absolute atomic E-state index is 13.1. The van der Waals surface area contributed by atoms with Gasteiger partial charge in [0.25, 0.3) is 0 Å². The molecule has 0 amide bonds. The zero-order valence-corrected chi connectivity index (χ0v) is 12.7. The highest BCUT2D eigenvalue weighted by Gasteiger charge is 2.03. The molecule has 2 rings (SSSR count). The first kappa shape index (κ1) is 15.3. The van der Waals surface area contributed by atoms with Crippen molar-refractivity contribution in [1.82, 2.24) is 0 Å². The molecule has 2 nitrogen and oxygen atoms in total. The predicted octanol–water partition coefficient (Wildman–Crippen LogP) is 4.89. The Labute approximate surface area is 131 Å². The van der Waals surface area contributed by atoms with E-state index in [1.807, 2.05) is 0 Å². The van der Waals surface area contributed by atoms with E-state index in [1.165, 1.54) is 23.9 Å². The summed E-state index contributed by atoms with van der Waals surface area (Å²) >= 11 is 13.2. The Morgan fingerprint density at radius 2 is 1.95 bits per heavy atom. The molecule has 0 atom stereocenters. The van der Waals surface area contributed by atoms with E-state index in [9.17, 15) is 4.39 Å². The zero-order valence-electron chi connectivity index (χ0n) is 10.4. The molecule has 2 aromatic rings. The first-order valence-corrected chi connectivity index (χ1v) is 7.55. The largest absolute Gasteiger partial charge is 0.491 e. The summed E-state index contributed by atoms with van der Waals surface area (Å²) < 4.78 is 18.7. The maximum atomic E-state index is 13.1. The van der Waals surface area contributed by atoms with Gasteiger partial charge in [0.15, 0.2) is 0 Å². The monoisotopic (exact) mass is 331 g/mol. The maximum Gasteiger partial charge on any atom is 0.138 e. The van der Waals surface area contributed by atoms with Crippen molar-refractivity contribution >= 4 is 40.7 Å². The minimum absolute atomic E-state index is 0.339. The highest BCUT2D eigenvalue weighted by atomic mass is 35.5. The van der Waals surface area contributed by atoms with E-state index in [1.54, 1.807) is 24.3 Å². The highest BCUT2D eigenvalue weighted by Crippen LogP contribution is 2.28. The minimum atomic E-state index is -0.339. The van der Waals surface area contributed by atoms with Crippen molar-refractivity contribution in [1.29, 1.82) is 0 Å². The zero-order chi connectivity index (χ0) is 14.5. The van der Waals surface area contributed by atoms with Crippen LogP contribution < -0.4 is 10.5 Å². The lowest BCUT2D eigenvalue weighted by Crippen LogP contribution is -2.00. The number of hydrogen-bond donors (Lipinski definition) is 1. The molecule has 0 aliphatic carbocycles. The SMILES string of the molecule is Nc1cc(F)cc(SCCOc2ccc(Cl)cc2Cl)c1. The number of benzene rings is 2. The molecule has 0 unspecified atom stereocenters. The van der Waals surface area contributed by atoms with Crippen molar-refractivity contribution in [3.8, 4) is 5.75 Å². The molecule has 0 fully saturated rings. The van der Waals surface area contributed by atoms with Gasteiger partial charge in [-0.05, 0) is 36.4 Å². The summed E-state index contributed by atoms with van der Waals surface area (Å²) in [6.45, 7) is 0.447. The summed E-state index contributed by atoms with van der Waals surface area (Å²) in [6.07, 6.45) is 0. The Kier molecular flexibility index (Phi) is 5.40. The third kappa shape index (κ3) is 4.47. The van der Waals surface area contributed by atoms with Crippen LogP contribution in [0.5, 0.6) is 5.75 Å². The van der Waals surface area contributed by atoms with E-state index in [0.717, 1.165) is 4.90 Å². The highest BCUT2D eigenvalue weighted by molar-refractivity contribution is 7.99. The fourth-order valence-corrected chi connectivity index (χ4v) is 2.85. The van der Waals surface area contributed by atoms with Gasteiger partial charge >= 0.3 is 0 Å². The molecule has 20 heavy (non-hydrogen) atoms. The number of thioether (sulfide) groups is 1. The molecular formula is C14H12Cl2FNOS. The van der Waals surface area contributed by atoms with Crippen molar-refractivity contribution < 1.29 is 9.13 Å². The van der Waals surface area contributed by atoms with Crippen molar-refractivity contribution in [2.45, 2.75) is 4.90 Å². The van der Waals surface area contributed by atoms with Gasteiger partial charge in [-0.2, -0.15) is 0 Å². The molecular weight excluding hydrogens is 320 g/mol. The van der Waals surface area contributed by atoms with Crippen molar-refractivity contribution in [2.24, 2.45) is 0 Å². The van der Waals surface area contributed by atoms with Gasteiger partial charge in [0.05, 0.1) is 11.6 Å². The smallest absolute Gasteiger partial charge is 0.138 e. The van der Waals surface area contributed by atoms with Gasteiger partial charge in [-0.25, -0.2) is 4.39 Å². The summed E-state index contributed by atoms with van der Waals surface area (Å²) in [5.74, 6) is 0.895. The van der Waals surface area contributed by atoms with Crippen LogP contribution in [0.4, 0.5) is 10.1 Å². The van der Waals surface area contributed by atoms with Gasteiger partial charge < -0.3 is 10.5 Å². The van der Waals surface area contributed by atoms with Crippen LogP contribution in [0.1, 0.15) is 0 Å². The third-order valence-electron chi connectivity index (χ3n) is 2.40. The summed E-state index contributed by atoms with van der Waals surface area (Å²) in [4.78, 5) is 0.772. The molecule has 6 heteroatoms. The molecule has 0 aliphatic rings. The Balaban J connectivity index is 1.84. The van der Waals surface area contributed by atoms with Crippen LogP contribution >= 0.6 is 35.0 Å². The van der Waals surface area contributed by atoms with Crippen LogP contribution in [0.3, 0.4) is 0 Å².